The lowest BCUT2D eigenvalue weighted by molar-refractivity contribution is 0.0429. The highest BCUT2D eigenvalue weighted by atomic mass is 32.1. The van der Waals surface area contributed by atoms with Gasteiger partial charge in [-0.15, -0.1) is 11.3 Å². The van der Waals surface area contributed by atoms with Gasteiger partial charge in [-0.3, -0.25) is 0 Å². The predicted octanol–water partition coefficient (Wildman–Crippen LogP) is 3.77. The van der Waals surface area contributed by atoms with Gasteiger partial charge in [0.2, 0.25) is 5.82 Å². The van der Waals surface area contributed by atoms with Crippen LogP contribution in [0.1, 0.15) is 27.4 Å². The fraction of sp³-hybridized carbons (Fsp3) is 0.188. The first-order chi connectivity index (χ1) is 10.6. The summed E-state index contributed by atoms with van der Waals surface area (Å²) in [7, 11) is 0. The molecular weight excluding hydrogens is 300 g/mol. The first-order valence-corrected chi connectivity index (χ1v) is 7.62. The van der Waals surface area contributed by atoms with Gasteiger partial charge >= 0.3 is 5.97 Å². The van der Waals surface area contributed by atoms with Gasteiger partial charge in [0.05, 0.1) is 10.4 Å². The lowest BCUT2D eigenvalue weighted by atomic mass is 10.1. The second-order valence-electron chi connectivity index (χ2n) is 4.88. The molecule has 0 saturated heterocycles. The zero-order valence-corrected chi connectivity index (χ0v) is 13.0. The molecule has 112 valence electrons. The lowest BCUT2D eigenvalue weighted by Gasteiger charge is -2.06. The van der Waals surface area contributed by atoms with Gasteiger partial charge in [0.1, 0.15) is 0 Å². The Labute approximate surface area is 131 Å². The molecule has 0 aliphatic rings. The summed E-state index contributed by atoms with van der Waals surface area (Å²) in [6, 6.07) is 9.48. The largest absolute Gasteiger partial charge is 0.452 e. The Morgan fingerprint density at radius 2 is 2.18 bits per heavy atom. The minimum absolute atomic E-state index is 0.0371. The first kappa shape index (κ1) is 14.5. The molecule has 0 spiro atoms. The summed E-state index contributed by atoms with van der Waals surface area (Å²) in [5.74, 6) is 0.395. The Morgan fingerprint density at radius 1 is 1.32 bits per heavy atom. The van der Waals surface area contributed by atoms with Crippen LogP contribution >= 0.6 is 11.3 Å². The molecule has 0 saturated carbocycles. The van der Waals surface area contributed by atoms with Gasteiger partial charge in [-0.25, -0.2) is 4.79 Å². The number of esters is 1. The smallest absolute Gasteiger partial charge is 0.338 e. The van der Waals surface area contributed by atoms with E-state index in [1.165, 1.54) is 11.3 Å². The molecule has 22 heavy (non-hydrogen) atoms. The van der Waals surface area contributed by atoms with Crippen LogP contribution < -0.4 is 0 Å². The summed E-state index contributed by atoms with van der Waals surface area (Å²) in [6.07, 6.45) is 0. The summed E-state index contributed by atoms with van der Waals surface area (Å²) in [5, 5.41) is 5.81. The first-order valence-electron chi connectivity index (χ1n) is 6.74. The predicted molar refractivity (Wildman–Crippen MR) is 82.6 cm³/mol. The minimum Gasteiger partial charge on any atom is -0.452 e. The minimum atomic E-state index is -0.392. The van der Waals surface area contributed by atoms with Crippen molar-refractivity contribution in [3.05, 3.63) is 58.3 Å². The molecule has 0 atom stereocenters. The molecule has 3 aromatic rings. The van der Waals surface area contributed by atoms with Crippen LogP contribution in [-0.4, -0.2) is 16.1 Å². The molecule has 6 heteroatoms. The van der Waals surface area contributed by atoms with Crippen molar-refractivity contribution < 1.29 is 14.1 Å². The van der Waals surface area contributed by atoms with Crippen molar-refractivity contribution in [3.8, 4) is 10.7 Å². The topological polar surface area (TPSA) is 65.2 Å². The number of ether oxygens (including phenoxy) is 1. The molecule has 0 amide bonds. The Hall–Kier alpha value is -2.47. The third-order valence-corrected chi connectivity index (χ3v) is 4.02. The van der Waals surface area contributed by atoms with Crippen LogP contribution in [0.2, 0.25) is 0 Å². The Kier molecular flexibility index (Phi) is 4.02. The van der Waals surface area contributed by atoms with Gasteiger partial charge < -0.3 is 9.26 Å². The van der Waals surface area contributed by atoms with Crippen molar-refractivity contribution in [1.82, 2.24) is 10.1 Å². The van der Waals surface area contributed by atoms with E-state index in [-0.39, 0.29) is 12.5 Å². The Bertz CT molecular complexity index is 794. The molecule has 0 radical (unpaired) electrons. The molecular formula is C16H14N2O3S. The number of nitrogens with zero attached hydrogens (tertiary/aromatic N) is 2. The zero-order valence-electron chi connectivity index (χ0n) is 12.2. The van der Waals surface area contributed by atoms with Gasteiger partial charge in [0.15, 0.2) is 6.61 Å². The van der Waals surface area contributed by atoms with Crippen molar-refractivity contribution in [2.24, 2.45) is 0 Å². The molecule has 0 N–H and O–H groups in total. The van der Waals surface area contributed by atoms with E-state index in [0.29, 0.717) is 11.4 Å². The van der Waals surface area contributed by atoms with E-state index in [0.717, 1.165) is 16.0 Å². The van der Waals surface area contributed by atoms with Gasteiger partial charge in [-0.1, -0.05) is 28.9 Å². The molecule has 0 bridgehead atoms. The quantitative estimate of drug-likeness (QED) is 0.686. The van der Waals surface area contributed by atoms with E-state index in [1.807, 2.05) is 49.6 Å². The molecule has 2 heterocycles. The standard InChI is InChI=1S/C16H14N2O3S/c1-10-5-6-11(2)12(8-10)16(19)20-9-14-17-15(18-21-14)13-4-3-7-22-13/h3-8H,9H2,1-2H3. The summed E-state index contributed by atoms with van der Waals surface area (Å²) in [6.45, 7) is 3.77. The zero-order chi connectivity index (χ0) is 15.5. The van der Waals surface area contributed by atoms with Crippen LogP contribution in [0.3, 0.4) is 0 Å². The van der Waals surface area contributed by atoms with Crippen molar-refractivity contribution in [3.63, 3.8) is 0 Å². The average molecular weight is 314 g/mol. The summed E-state index contributed by atoms with van der Waals surface area (Å²) in [4.78, 5) is 17.2. The van der Waals surface area contributed by atoms with Crippen molar-refractivity contribution in [1.29, 1.82) is 0 Å². The second kappa shape index (κ2) is 6.11. The van der Waals surface area contributed by atoms with Crippen LogP contribution in [0.25, 0.3) is 10.7 Å². The van der Waals surface area contributed by atoms with Crippen molar-refractivity contribution in [2.75, 3.05) is 0 Å². The third kappa shape index (κ3) is 3.07. The number of hydrogen-bond donors (Lipinski definition) is 0. The number of carbonyl (C=O) groups excluding carboxylic acids is 1. The highest BCUT2D eigenvalue weighted by molar-refractivity contribution is 7.13. The molecule has 5 nitrogen and oxygen atoms in total. The average Bonchev–Trinajstić information content (AvgIpc) is 3.17. The Morgan fingerprint density at radius 3 is 2.95 bits per heavy atom. The van der Waals surface area contributed by atoms with Crippen LogP contribution in [0.15, 0.2) is 40.2 Å². The number of aryl methyl sites for hydroxylation is 2. The number of thiophene rings is 1. The SMILES string of the molecule is Cc1ccc(C)c(C(=O)OCc2nc(-c3cccs3)no2)c1. The van der Waals surface area contributed by atoms with E-state index < -0.39 is 5.97 Å². The highest BCUT2D eigenvalue weighted by Gasteiger charge is 2.14. The van der Waals surface area contributed by atoms with Crippen molar-refractivity contribution >= 4 is 17.3 Å². The maximum atomic E-state index is 12.1. The van der Waals surface area contributed by atoms with Gasteiger partial charge in [0.25, 0.3) is 5.89 Å². The number of hydrogen-bond acceptors (Lipinski definition) is 6. The molecule has 0 fully saturated rings. The summed E-state index contributed by atoms with van der Waals surface area (Å²) in [5.41, 5.74) is 2.44. The number of benzene rings is 1. The van der Waals surface area contributed by atoms with Crippen LogP contribution in [-0.2, 0) is 11.3 Å². The van der Waals surface area contributed by atoms with E-state index in [2.05, 4.69) is 10.1 Å². The van der Waals surface area contributed by atoms with Crippen molar-refractivity contribution in [2.45, 2.75) is 20.5 Å². The van der Waals surface area contributed by atoms with E-state index in [4.69, 9.17) is 9.26 Å². The molecule has 0 aliphatic carbocycles. The highest BCUT2D eigenvalue weighted by Crippen LogP contribution is 2.21. The van der Waals surface area contributed by atoms with E-state index in [9.17, 15) is 4.79 Å². The normalized spacial score (nSPS) is 10.6. The summed E-state index contributed by atoms with van der Waals surface area (Å²) < 4.78 is 10.3. The van der Waals surface area contributed by atoms with Gasteiger partial charge in [-0.05, 0) is 36.9 Å². The number of rotatable bonds is 4. The maximum absolute atomic E-state index is 12.1. The number of carbonyl (C=O) groups is 1. The van der Waals surface area contributed by atoms with Crippen LogP contribution in [0, 0.1) is 13.8 Å². The van der Waals surface area contributed by atoms with Crippen LogP contribution in [0.4, 0.5) is 0 Å². The number of aromatic nitrogens is 2. The fourth-order valence-corrected chi connectivity index (χ4v) is 2.63. The van der Waals surface area contributed by atoms with E-state index >= 15 is 0 Å². The van der Waals surface area contributed by atoms with E-state index in [1.54, 1.807) is 0 Å². The van der Waals surface area contributed by atoms with Gasteiger partial charge in [-0.2, -0.15) is 4.98 Å². The molecule has 0 unspecified atom stereocenters. The molecule has 1 aromatic carbocycles. The second-order valence-corrected chi connectivity index (χ2v) is 5.83. The lowest BCUT2D eigenvalue weighted by Crippen LogP contribution is -2.07. The van der Waals surface area contributed by atoms with Crippen LogP contribution in [0.5, 0.6) is 0 Å². The fourth-order valence-electron chi connectivity index (χ4n) is 1.98. The molecule has 0 aliphatic heterocycles. The third-order valence-electron chi connectivity index (χ3n) is 3.15. The molecule has 2 aromatic heterocycles. The maximum Gasteiger partial charge on any atom is 0.338 e. The monoisotopic (exact) mass is 314 g/mol. The van der Waals surface area contributed by atoms with Gasteiger partial charge in [0, 0.05) is 0 Å². The molecule has 3 rings (SSSR count). The summed E-state index contributed by atoms with van der Waals surface area (Å²) >= 11 is 1.52. The Balaban J connectivity index is 1.67.